The Hall–Kier alpha value is -1.02. The fourth-order valence-corrected chi connectivity index (χ4v) is 3.62. The van der Waals surface area contributed by atoms with Crippen molar-refractivity contribution >= 4 is 0 Å². The number of phenols is 1. The molecule has 1 aromatic rings. The predicted octanol–water partition coefficient (Wildman–Crippen LogP) is 3.32. The van der Waals surface area contributed by atoms with Crippen LogP contribution in [0.25, 0.3) is 0 Å². The molecule has 0 amide bonds. The van der Waals surface area contributed by atoms with E-state index in [-0.39, 0.29) is 0 Å². The highest BCUT2D eigenvalue weighted by Crippen LogP contribution is 2.37. The van der Waals surface area contributed by atoms with Crippen LogP contribution in [0.3, 0.4) is 0 Å². The number of hydrogen-bond donors (Lipinski definition) is 1. The summed E-state index contributed by atoms with van der Waals surface area (Å²) in [4.78, 5) is 2.54. The van der Waals surface area contributed by atoms with Gasteiger partial charge in [0.05, 0.1) is 0 Å². The highest BCUT2D eigenvalue weighted by molar-refractivity contribution is 5.35. The van der Waals surface area contributed by atoms with Gasteiger partial charge >= 0.3 is 0 Å². The first kappa shape index (κ1) is 12.0. The molecule has 1 N–H and O–H groups in total. The SMILES string of the molecule is Cc1ccc(CN2CCC3CCC(C3)C2)c(O)c1. The van der Waals surface area contributed by atoms with Gasteiger partial charge in [-0.25, -0.2) is 0 Å². The Morgan fingerprint density at radius 2 is 2.06 bits per heavy atom. The maximum Gasteiger partial charge on any atom is 0.120 e. The van der Waals surface area contributed by atoms with Gasteiger partial charge in [-0.15, -0.1) is 0 Å². The lowest BCUT2D eigenvalue weighted by Crippen LogP contribution is -2.28. The first-order valence-electron chi connectivity index (χ1n) is 7.21. The van der Waals surface area contributed by atoms with Crippen molar-refractivity contribution in [1.82, 2.24) is 4.90 Å². The van der Waals surface area contributed by atoms with Crippen LogP contribution in [0.2, 0.25) is 0 Å². The van der Waals surface area contributed by atoms with Gasteiger partial charge in [-0.2, -0.15) is 0 Å². The van der Waals surface area contributed by atoms with Crippen LogP contribution in [-0.4, -0.2) is 23.1 Å². The number of phenolic OH excluding ortho intramolecular Hbond substituents is 1. The fourth-order valence-electron chi connectivity index (χ4n) is 3.62. The zero-order valence-corrected chi connectivity index (χ0v) is 11.2. The second-order valence-electron chi connectivity index (χ2n) is 6.20. The lowest BCUT2D eigenvalue weighted by Gasteiger charge is -2.25. The summed E-state index contributed by atoms with van der Waals surface area (Å²) >= 11 is 0. The first-order valence-corrected chi connectivity index (χ1v) is 7.21. The van der Waals surface area contributed by atoms with Crippen LogP contribution in [0.5, 0.6) is 5.75 Å². The van der Waals surface area contributed by atoms with Gasteiger partial charge in [0.2, 0.25) is 0 Å². The minimum atomic E-state index is 0.462. The summed E-state index contributed by atoms with van der Waals surface area (Å²) in [5, 5.41) is 10.00. The molecule has 0 radical (unpaired) electrons. The molecule has 98 valence electrons. The van der Waals surface area contributed by atoms with E-state index in [9.17, 15) is 5.11 Å². The summed E-state index contributed by atoms with van der Waals surface area (Å²) in [6.07, 6.45) is 5.66. The van der Waals surface area contributed by atoms with Crippen molar-refractivity contribution in [3.8, 4) is 5.75 Å². The molecule has 1 aromatic carbocycles. The summed E-state index contributed by atoms with van der Waals surface area (Å²) in [6.45, 7) is 5.36. The molecule has 1 aliphatic carbocycles. The van der Waals surface area contributed by atoms with Crippen LogP contribution in [0.4, 0.5) is 0 Å². The second kappa shape index (κ2) is 4.93. The average Bonchev–Trinajstić information content (AvgIpc) is 2.66. The van der Waals surface area contributed by atoms with E-state index in [1.807, 2.05) is 13.0 Å². The van der Waals surface area contributed by atoms with Crippen molar-refractivity contribution in [3.05, 3.63) is 29.3 Å². The molecular weight excluding hydrogens is 222 g/mol. The Morgan fingerprint density at radius 3 is 2.89 bits per heavy atom. The number of rotatable bonds is 2. The van der Waals surface area contributed by atoms with Crippen molar-refractivity contribution < 1.29 is 5.11 Å². The highest BCUT2D eigenvalue weighted by Gasteiger charge is 2.29. The maximum absolute atomic E-state index is 10.00. The van der Waals surface area contributed by atoms with E-state index in [1.54, 1.807) is 0 Å². The van der Waals surface area contributed by atoms with Gasteiger partial charge in [0, 0.05) is 18.7 Å². The van der Waals surface area contributed by atoms with Crippen molar-refractivity contribution in [1.29, 1.82) is 0 Å². The van der Waals surface area contributed by atoms with E-state index >= 15 is 0 Å². The number of benzene rings is 1. The molecular formula is C16H23NO. The van der Waals surface area contributed by atoms with Crippen molar-refractivity contribution in [3.63, 3.8) is 0 Å². The van der Waals surface area contributed by atoms with Crippen LogP contribution in [0.1, 0.15) is 36.8 Å². The summed E-state index contributed by atoms with van der Waals surface area (Å²) in [5.41, 5.74) is 2.21. The van der Waals surface area contributed by atoms with Gasteiger partial charge in [-0.3, -0.25) is 4.90 Å². The third-order valence-corrected chi connectivity index (χ3v) is 4.65. The van der Waals surface area contributed by atoms with Crippen molar-refractivity contribution in [2.75, 3.05) is 13.1 Å². The maximum atomic E-state index is 10.00. The van der Waals surface area contributed by atoms with Crippen LogP contribution >= 0.6 is 0 Å². The number of nitrogens with zero attached hydrogens (tertiary/aromatic N) is 1. The molecule has 2 heteroatoms. The van der Waals surface area contributed by atoms with E-state index in [2.05, 4.69) is 17.0 Å². The van der Waals surface area contributed by atoms with E-state index in [0.29, 0.717) is 5.75 Å². The smallest absolute Gasteiger partial charge is 0.120 e. The van der Waals surface area contributed by atoms with E-state index in [4.69, 9.17) is 0 Å². The Labute approximate surface area is 110 Å². The Bertz CT molecular complexity index is 429. The van der Waals surface area contributed by atoms with Crippen LogP contribution in [0.15, 0.2) is 18.2 Å². The first-order chi connectivity index (χ1) is 8.70. The molecule has 0 aromatic heterocycles. The molecule has 2 nitrogen and oxygen atoms in total. The van der Waals surface area contributed by atoms with Gasteiger partial charge in [-0.05, 0) is 56.2 Å². The summed E-state index contributed by atoms with van der Waals surface area (Å²) in [6, 6.07) is 6.05. The van der Waals surface area contributed by atoms with Crippen molar-refractivity contribution in [2.24, 2.45) is 11.8 Å². The average molecular weight is 245 g/mol. The van der Waals surface area contributed by atoms with Crippen molar-refractivity contribution in [2.45, 2.75) is 39.2 Å². The number of aromatic hydroxyl groups is 1. The molecule has 1 saturated heterocycles. The van der Waals surface area contributed by atoms with E-state index in [1.165, 1.54) is 38.8 Å². The third-order valence-electron chi connectivity index (χ3n) is 4.65. The lowest BCUT2D eigenvalue weighted by molar-refractivity contribution is 0.226. The van der Waals surface area contributed by atoms with Crippen LogP contribution in [0, 0.1) is 18.8 Å². The number of hydrogen-bond acceptors (Lipinski definition) is 2. The standard InChI is InChI=1S/C16H23NO/c1-12-2-5-15(16(18)8-12)11-17-7-6-13-3-4-14(9-13)10-17/h2,5,8,13-14,18H,3-4,6-7,9-11H2,1H3. The molecule has 2 unspecified atom stereocenters. The van der Waals surface area contributed by atoms with Gasteiger partial charge in [0.1, 0.15) is 5.75 Å². The number of likely N-dealkylation sites (tertiary alicyclic amines) is 1. The molecule has 3 rings (SSSR count). The molecule has 1 aliphatic heterocycles. The number of fused-ring (bicyclic) bond motifs is 2. The van der Waals surface area contributed by atoms with Crippen LogP contribution < -0.4 is 0 Å². The van der Waals surface area contributed by atoms with Crippen LogP contribution in [-0.2, 0) is 6.54 Å². The lowest BCUT2D eigenvalue weighted by atomic mass is 10.0. The molecule has 2 atom stereocenters. The largest absolute Gasteiger partial charge is 0.508 e. The van der Waals surface area contributed by atoms with Gasteiger partial charge in [-0.1, -0.05) is 18.6 Å². The Kier molecular flexibility index (Phi) is 3.29. The molecule has 1 saturated carbocycles. The molecule has 0 spiro atoms. The highest BCUT2D eigenvalue weighted by atomic mass is 16.3. The minimum absolute atomic E-state index is 0.462. The third kappa shape index (κ3) is 2.54. The van der Waals surface area contributed by atoms with Gasteiger partial charge in [0.25, 0.3) is 0 Å². The topological polar surface area (TPSA) is 23.5 Å². The molecule has 18 heavy (non-hydrogen) atoms. The second-order valence-corrected chi connectivity index (χ2v) is 6.20. The number of aryl methyl sites for hydroxylation is 1. The zero-order chi connectivity index (χ0) is 12.5. The van der Waals surface area contributed by atoms with E-state index < -0.39 is 0 Å². The summed E-state index contributed by atoms with van der Waals surface area (Å²) in [5.74, 6) is 2.35. The minimum Gasteiger partial charge on any atom is -0.508 e. The molecule has 2 aliphatic rings. The van der Waals surface area contributed by atoms with Gasteiger partial charge in [0.15, 0.2) is 0 Å². The Morgan fingerprint density at radius 1 is 1.22 bits per heavy atom. The normalized spacial score (nSPS) is 28.3. The van der Waals surface area contributed by atoms with E-state index in [0.717, 1.165) is 29.5 Å². The Balaban J connectivity index is 1.68. The monoisotopic (exact) mass is 245 g/mol. The summed E-state index contributed by atoms with van der Waals surface area (Å²) < 4.78 is 0. The molecule has 2 fully saturated rings. The molecule has 2 bridgehead atoms. The van der Waals surface area contributed by atoms with Gasteiger partial charge < -0.3 is 5.11 Å². The predicted molar refractivity (Wildman–Crippen MR) is 73.6 cm³/mol. The zero-order valence-electron chi connectivity index (χ0n) is 11.2. The quantitative estimate of drug-likeness (QED) is 0.864. The fraction of sp³-hybridized carbons (Fsp3) is 0.625. The summed E-state index contributed by atoms with van der Waals surface area (Å²) in [7, 11) is 0. The molecule has 1 heterocycles.